The summed E-state index contributed by atoms with van der Waals surface area (Å²) in [5.74, 6) is 0. The van der Waals surface area contributed by atoms with E-state index in [-0.39, 0.29) is 20.4 Å². The van der Waals surface area contributed by atoms with Gasteiger partial charge in [0.25, 0.3) is 0 Å². The van der Waals surface area contributed by atoms with E-state index in [2.05, 4.69) is 0 Å². The average Bonchev–Trinajstić information content (AvgIpc) is 1.50. The summed E-state index contributed by atoms with van der Waals surface area (Å²) >= 11 is 0. The monoisotopic (exact) mass is 239 g/mol. The molecular weight excluding hydrogens is 238 g/mol. The summed E-state index contributed by atoms with van der Waals surface area (Å²) in [6.07, 6.45) is 0. The van der Waals surface area contributed by atoms with Gasteiger partial charge in [-0.1, -0.05) is 0 Å². The van der Waals surface area contributed by atoms with Crippen molar-refractivity contribution in [2.45, 2.75) is 0 Å². The molecule has 1 radical (unpaired) electrons. The molecule has 27 valence electrons. The van der Waals surface area contributed by atoms with Crippen LogP contribution in [0.1, 0.15) is 0 Å². The minimum atomic E-state index is 0. The Morgan fingerprint density at radius 2 is 0.800 bits per heavy atom. The van der Waals surface area contributed by atoms with E-state index in [4.69, 9.17) is 23.7 Å². The third-order valence-electron chi connectivity index (χ3n) is 0. The van der Waals surface area contributed by atoms with E-state index in [0.29, 0.717) is 0 Å². The molecule has 0 aliphatic carbocycles. The Balaban J connectivity index is -0.0000000133. The molecule has 3 heteroatoms. The van der Waals surface area contributed by atoms with Crippen LogP contribution in [0.25, 0.3) is 0 Å². The second kappa shape index (κ2) is 199. The molecule has 0 heterocycles. The largest absolute Gasteiger partial charge is 0.512 e. The molecule has 0 fully saturated rings. The van der Waals surface area contributed by atoms with Crippen LogP contribution < -0.4 is 0 Å². The van der Waals surface area contributed by atoms with Gasteiger partial charge in [-0.05, 0) is 0 Å². The standard InChI is InChI=1S/2CN.Re/c2*1-2;/q2*-1;. The van der Waals surface area contributed by atoms with Crippen molar-refractivity contribution >= 4 is 0 Å². The van der Waals surface area contributed by atoms with E-state index >= 15 is 0 Å². The molecule has 0 aliphatic rings. The summed E-state index contributed by atoms with van der Waals surface area (Å²) in [7, 11) is 0. The summed E-state index contributed by atoms with van der Waals surface area (Å²) in [6.45, 7) is 9.50. The van der Waals surface area contributed by atoms with Crippen LogP contribution in [0.4, 0.5) is 0 Å². The Morgan fingerprint density at radius 1 is 0.800 bits per heavy atom. The van der Waals surface area contributed by atoms with E-state index in [0.717, 1.165) is 0 Å². The van der Waals surface area contributed by atoms with Crippen molar-refractivity contribution in [1.29, 1.82) is 10.5 Å². The molecule has 2 nitrogen and oxygen atoms in total. The number of hydrogen-bond acceptors (Lipinski definition) is 2. The summed E-state index contributed by atoms with van der Waals surface area (Å²) in [4.78, 5) is 0. The zero-order valence-corrected chi connectivity index (χ0v) is 4.99. The first-order valence-corrected chi connectivity index (χ1v) is 0.447. The molecule has 0 spiro atoms. The van der Waals surface area contributed by atoms with Crippen molar-refractivity contribution in [2.24, 2.45) is 0 Å². The van der Waals surface area contributed by atoms with Gasteiger partial charge in [-0.15, -0.1) is 0 Å². The van der Waals surface area contributed by atoms with Crippen LogP contribution in [-0.2, 0) is 20.4 Å². The minimum Gasteiger partial charge on any atom is -0.512 e. The van der Waals surface area contributed by atoms with Gasteiger partial charge in [0.05, 0.1) is 0 Å². The van der Waals surface area contributed by atoms with E-state index in [1.165, 1.54) is 0 Å². The number of rotatable bonds is 0. The predicted octanol–water partition coefficient (Wildman–Crippen LogP) is 0.190. The molecule has 0 aliphatic heterocycles. The molecule has 0 aromatic rings. The predicted molar refractivity (Wildman–Crippen MR) is 9.94 cm³/mol. The topological polar surface area (TPSA) is 47.6 Å². The maximum atomic E-state index is 6.25. The van der Waals surface area contributed by atoms with Crippen LogP contribution in [0.5, 0.6) is 0 Å². The molecule has 0 bridgehead atoms. The van der Waals surface area contributed by atoms with Crippen LogP contribution in [-0.4, -0.2) is 0 Å². The van der Waals surface area contributed by atoms with Crippen molar-refractivity contribution in [2.75, 3.05) is 0 Å². The van der Waals surface area contributed by atoms with Gasteiger partial charge in [0, 0.05) is 20.4 Å². The first-order chi connectivity index (χ1) is 2.00. The Labute approximate surface area is 44.7 Å². The first-order valence-electron chi connectivity index (χ1n) is 0.447. The quantitative estimate of drug-likeness (QED) is 0.566. The molecule has 0 rings (SSSR count). The molecule has 0 N–H and O–H groups in total. The van der Waals surface area contributed by atoms with Crippen molar-refractivity contribution in [1.82, 2.24) is 0 Å². The zero-order valence-electron chi connectivity index (χ0n) is 2.27. The first kappa shape index (κ1) is 22.8. The molecule has 5 heavy (non-hydrogen) atoms. The minimum absolute atomic E-state index is 0. The van der Waals surface area contributed by atoms with Gasteiger partial charge in [0.1, 0.15) is 0 Å². The smallest absolute Gasteiger partial charge is 0 e. The summed E-state index contributed by atoms with van der Waals surface area (Å²) < 4.78 is 0. The van der Waals surface area contributed by atoms with Crippen molar-refractivity contribution in [3.8, 4) is 0 Å². The van der Waals surface area contributed by atoms with E-state index in [1.54, 1.807) is 0 Å². The number of nitrogens with zero attached hydrogens (tertiary/aromatic N) is 2. The second-order valence-electron chi connectivity index (χ2n) is 0. The summed E-state index contributed by atoms with van der Waals surface area (Å²) in [6, 6.07) is 0. The average molecular weight is 238 g/mol. The molecular formula is C2N2Re-2. The maximum Gasteiger partial charge on any atom is 0 e. The van der Waals surface area contributed by atoms with Crippen molar-refractivity contribution < 1.29 is 20.4 Å². The van der Waals surface area contributed by atoms with Gasteiger partial charge in [-0.3, -0.25) is 0 Å². The third-order valence-corrected chi connectivity index (χ3v) is 0. The summed E-state index contributed by atoms with van der Waals surface area (Å²) in [5, 5.41) is 12.5. The van der Waals surface area contributed by atoms with E-state index in [1.807, 2.05) is 0 Å². The van der Waals surface area contributed by atoms with E-state index in [9.17, 15) is 0 Å². The Kier molecular flexibility index (Phi) is 908. The SMILES string of the molecule is [C-]#N.[C-]#N.[Re]. The fraction of sp³-hybridized carbons (Fsp3) is 0. The van der Waals surface area contributed by atoms with Gasteiger partial charge in [0.2, 0.25) is 0 Å². The summed E-state index contributed by atoms with van der Waals surface area (Å²) in [5.41, 5.74) is 0. The molecule has 0 amide bonds. The van der Waals surface area contributed by atoms with Gasteiger partial charge in [-0.2, -0.15) is 0 Å². The molecule has 0 saturated heterocycles. The molecule has 0 unspecified atom stereocenters. The van der Waals surface area contributed by atoms with Gasteiger partial charge >= 0.3 is 0 Å². The van der Waals surface area contributed by atoms with Crippen molar-refractivity contribution in [3.63, 3.8) is 0 Å². The third kappa shape index (κ3) is 76.8. The normalized spacial score (nSPS) is 0.800. The maximum absolute atomic E-state index is 6.25. The fourth-order valence-corrected chi connectivity index (χ4v) is 0. The van der Waals surface area contributed by atoms with Crippen LogP contribution in [0.2, 0.25) is 0 Å². The van der Waals surface area contributed by atoms with Crippen LogP contribution in [0, 0.1) is 23.7 Å². The van der Waals surface area contributed by atoms with Crippen LogP contribution >= 0.6 is 0 Å². The van der Waals surface area contributed by atoms with Gasteiger partial charge in [-0.25, -0.2) is 0 Å². The Hall–Kier alpha value is -0.358. The molecule has 0 aromatic heterocycles. The zero-order chi connectivity index (χ0) is 4.00. The van der Waals surface area contributed by atoms with Gasteiger partial charge < -0.3 is 23.7 Å². The molecule has 0 aromatic carbocycles. The second-order valence-corrected chi connectivity index (χ2v) is 0. The van der Waals surface area contributed by atoms with E-state index < -0.39 is 0 Å². The molecule has 0 saturated carbocycles. The van der Waals surface area contributed by atoms with Gasteiger partial charge in [0.15, 0.2) is 0 Å². The van der Waals surface area contributed by atoms with Crippen molar-refractivity contribution in [3.05, 3.63) is 13.1 Å². The van der Waals surface area contributed by atoms with Crippen LogP contribution in [0.3, 0.4) is 0 Å². The Bertz CT molecular complexity index is 23.1. The fourth-order valence-electron chi connectivity index (χ4n) is 0. The number of hydrogen-bond donors (Lipinski definition) is 0. The molecule has 0 atom stereocenters. The van der Waals surface area contributed by atoms with Crippen LogP contribution in [0.15, 0.2) is 0 Å². The Morgan fingerprint density at radius 3 is 0.800 bits per heavy atom.